The van der Waals surface area contributed by atoms with E-state index in [0.717, 1.165) is 47.8 Å². The Hall–Kier alpha value is -2.98. The molecule has 1 heterocycles. The molecule has 3 aromatic rings. The number of ether oxygens (including phenoxy) is 3. The van der Waals surface area contributed by atoms with Gasteiger partial charge in [-0.3, -0.25) is 0 Å². The Bertz CT molecular complexity index is 965. The lowest BCUT2D eigenvalue weighted by Crippen LogP contribution is -2.31. The molecule has 150 valence electrons. The maximum Gasteiger partial charge on any atom is 0.127 e. The van der Waals surface area contributed by atoms with E-state index in [2.05, 4.69) is 41.7 Å². The Morgan fingerprint density at radius 1 is 0.862 bits per heavy atom. The van der Waals surface area contributed by atoms with Crippen LogP contribution in [0.1, 0.15) is 22.7 Å². The maximum absolute atomic E-state index is 5.69. The summed E-state index contributed by atoms with van der Waals surface area (Å²) in [5.74, 6) is 2.63. The van der Waals surface area contributed by atoms with Gasteiger partial charge in [-0.25, -0.2) is 0 Å². The van der Waals surface area contributed by atoms with Gasteiger partial charge in [0.05, 0.1) is 21.3 Å². The van der Waals surface area contributed by atoms with E-state index in [-0.39, 0.29) is 6.04 Å². The first kappa shape index (κ1) is 19.3. The molecule has 4 heteroatoms. The topological polar surface area (TPSA) is 39.7 Å². The number of rotatable bonds is 6. The van der Waals surface area contributed by atoms with Gasteiger partial charge in [-0.2, -0.15) is 0 Å². The Labute approximate surface area is 172 Å². The van der Waals surface area contributed by atoms with Gasteiger partial charge in [0.1, 0.15) is 17.2 Å². The van der Waals surface area contributed by atoms with Crippen molar-refractivity contribution in [3.8, 4) is 28.4 Å². The summed E-state index contributed by atoms with van der Waals surface area (Å²) in [5.41, 5.74) is 6.10. The molecular formula is C25H27NO3. The SMILES string of the molecule is COc1cc2c(c(OC)c1)C(Cc1ccc(-c3ccccc3OC)cc1)NCC2. The summed E-state index contributed by atoms with van der Waals surface area (Å²) in [5, 5.41) is 3.66. The van der Waals surface area contributed by atoms with E-state index in [9.17, 15) is 0 Å². The van der Waals surface area contributed by atoms with Crippen LogP contribution in [0.3, 0.4) is 0 Å². The highest BCUT2D eigenvalue weighted by Crippen LogP contribution is 2.37. The van der Waals surface area contributed by atoms with Gasteiger partial charge in [0.15, 0.2) is 0 Å². The molecule has 4 rings (SSSR count). The van der Waals surface area contributed by atoms with Crippen LogP contribution in [0.4, 0.5) is 0 Å². The van der Waals surface area contributed by atoms with Crippen molar-refractivity contribution in [1.82, 2.24) is 5.32 Å². The molecule has 3 aromatic carbocycles. The normalized spacial score (nSPS) is 15.5. The minimum Gasteiger partial charge on any atom is -0.497 e. The Balaban J connectivity index is 1.60. The average Bonchev–Trinajstić information content (AvgIpc) is 2.78. The molecule has 0 aromatic heterocycles. The van der Waals surface area contributed by atoms with Crippen LogP contribution in [-0.4, -0.2) is 27.9 Å². The second-order valence-electron chi connectivity index (χ2n) is 7.26. The second-order valence-corrected chi connectivity index (χ2v) is 7.26. The third-order valence-electron chi connectivity index (χ3n) is 5.60. The summed E-state index contributed by atoms with van der Waals surface area (Å²) in [6.07, 6.45) is 1.88. The Morgan fingerprint density at radius 2 is 1.62 bits per heavy atom. The zero-order valence-electron chi connectivity index (χ0n) is 17.2. The fraction of sp³-hybridized carbons (Fsp3) is 0.280. The number of hydrogen-bond donors (Lipinski definition) is 1. The van der Waals surface area contributed by atoms with Gasteiger partial charge in [-0.15, -0.1) is 0 Å². The first-order chi connectivity index (χ1) is 14.2. The van der Waals surface area contributed by atoms with Gasteiger partial charge < -0.3 is 19.5 Å². The van der Waals surface area contributed by atoms with E-state index < -0.39 is 0 Å². The van der Waals surface area contributed by atoms with E-state index in [4.69, 9.17) is 14.2 Å². The molecule has 1 N–H and O–H groups in total. The average molecular weight is 389 g/mol. The molecule has 0 saturated heterocycles. The van der Waals surface area contributed by atoms with Crippen molar-refractivity contribution in [1.29, 1.82) is 0 Å². The third kappa shape index (κ3) is 3.94. The first-order valence-electron chi connectivity index (χ1n) is 9.94. The molecule has 1 atom stereocenters. The Morgan fingerprint density at radius 3 is 2.34 bits per heavy atom. The van der Waals surface area contributed by atoms with Crippen LogP contribution in [0, 0.1) is 0 Å². The molecule has 0 fully saturated rings. The predicted octanol–water partition coefficient (Wildman–Crippen LogP) is 4.81. The van der Waals surface area contributed by atoms with Gasteiger partial charge in [0.25, 0.3) is 0 Å². The van der Waals surface area contributed by atoms with Gasteiger partial charge >= 0.3 is 0 Å². The van der Waals surface area contributed by atoms with Crippen LogP contribution in [0.5, 0.6) is 17.2 Å². The molecule has 4 nitrogen and oxygen atoms in total. The van der Waals surface area contributed by atoms with Crippen molar-refractivity contribution in [2.75, 3.05) is 27.9 Å². The van der Waals surface area contributed by atoms with Crippen LogP contribution in [0.2, 0.25) is 0 Å². The Kier molecular flexibility index (Phi) is 5.72. The number of hydrogen-bond acceptors (Lipinski definition) is 4. The summed E-state index contributed by atoms with van der Waals surface area (Å²) in [7, 11) is 5.13. The minimum atomic E-state index is 0.219. The summed E-state index contributed by atoms with van der Waals surface area (Å²) < 4.78 is 16.6. The number of fused-ring (bicyclic) bond motifs is 1. The summed E-state index contributed by atoms with van der Waals surface area (Å²) in [6.45, 7) is 0.952. The molecule has 1 aliphatic rings. The van der Waals surface area contributed by atoms with E-state index in [1.54, 1.807) is 21.3 Å². The van der Waals surface area contributed by atoms with Gasteiger partial charge in [-0.05, 0) is 48.2 Å². The number of methoxy groups -OCH3 is 3. The molecular weight excluding hydrogens is 362 g/mol. The van der Waals surface area contributed by atoms with Crippen molar-refractivity contribution in [2.24, 2.45) is 0 Å². The quantitative estimate of drug-likeness (QED) is 0.657. The van der Waals surface area contributed by atoms with Crippen LogP contribution in [0.15, 0.2) is 60.7 Å². The number of para-hydroxylation sites is 1. The standard InChI is InChI=1S/C25H27NO3/c1-27-20-15-19-12-13-26-22(25(19)24(16-20)29-3)14-17-8-10-18(11-9-17)21-6-4-5-7-23(21)28-2/h4-11,15-16,22,26H,12-14H2,1-3H3. The molecule has 1 aliphatic heterocycles. The lowest BCUT2D eigenvalue weighted by atomic mass is 9.89. The highest BCUT2D eigenvalue weighted by molar-refractivity contribution is 5.70. The van der Waals surface area contributed by atoms with Crippen molar-refractivity contribution in [3.05, 3.63) is 77.4 Å². The molecule has 0 aliphatic carbocycles. The van der Waals surface area contributed by atoms with Crippen molar-refractivity contribution < 1.29 is 14.2 Å². The summed E-state index contributed by atoms with van der Waals surface area (Å²) >= 11 is 0. The largest absolute Gasteiger partial charge is 0.497 e. The van der Waals surface area contributed by atoms with Crippen molar-refractivity contribution in [2.45, 2.75) is 18.9 Å². The number of benzene rings is 3. The third-order valence-corrected chi connectivity index (χ3v) is 5.60. The van der Waals surface area contributed by atoms with Gasteiger partial charge in [-0.1, -0.05) is 42.5 Å². The molecule has 0 bridgehead atoms. The van der Waals surface area contributed by atoms with Gasteiger partial charge in [0.2, 0.25) is 0 Å². The molecule has 1 unspecified atom stereocenters. The van der Waals surface area contributed by atoms with Crippen LogP contribution < -0.4 is 19.5 Å². The number of nitrogens with one attached hydrogen (secondary N) is 1. The van der Waals surface area contributed by atoms with E-state index in [0.29, 0.717) is 0 Å². The molecule has 0 saturated carbocycles. The minimum absolute atomic E-state index is 0.219. The van der Waals surface area contributed by atoms with E-state index in [1.807, 2.05) is 24.3 Å². The van der Waals surface area contributed by atoms with Crippen LogP contribution >= 0.6 is 0 Å². The van der Waals surface area contributed by atoms with Gasteiger partial charge in [0, 0.05) is 23.2 Å². The van der Waals surface area contributed by atoms with E-state index in [1.165, 1.54) is 16.7 Å². The van der Waals surface area contributed by atoms with Crippen LogP contribution in [-0.2, 0) is 12.8 Å². The predicted molar refractivity (Wildman–Crippen MR) is 116 cm³/mol. The summed E-state index contributed by atoms with van der Waals surface area (Å²) in [4.78, 5) is 0. The van der Waals surface area contributed by atoms with Crippen molar-refractivity contribution in [3.63, 3.8) is 0 Å². The smallest absolute Gasteiger partial charge is 0.127 e. The fourth-order valence-corrected chi connectivity index (χ4v) is 4.14. The zero-order chi connectivity index (χ0) is 20.2. The van der Waals surface area contributed by atoms with Crippen molar-refractivity contribution >= 4 is 0 Å². The lowest BCUT2D eigenvalue weighted by Gasteiger charge is -2.29. The highest BCUT2D eigenvalue weighted by atomic mass is 16.5. The lowest BCUT2D eigenvalue weighted by molar-refractivity contribution is 0.377. The molecule has 29 heavy (non-hydrogen) atoms. The van der Waals surface area contributed by atoms with E-state index >= 15 is 0 Å². The van der Waals surface area contributed by atoms with Crippen LogP contribution in [0.25, 0.3) is 11.1 Å². The molecule has 0 radical (unpaired) electrons. The first-order valence-corrected chi connectivity index (χ1v) is 9.94. The monoisotopic (exact) mass is 389 g/mol. The summed E-state index contributed by atoms with van der Waals surface area (Å²) in [6, 6.07) is 21.2. The molecule has 0 amide bonds. The zero-order valence-corrected chi connectivity index (χ0v) is 17.2. The fourth-order valence-electron chi connectivity index (χ4n) is 4.14. The highest BCUT2D eigenvalue weighted by Gasteiger charge is 2.25. The maximum atomic E-state index is 5.69. The second kappa shape index (κ2) is 8.58. The molecule has 0 spiro atoms.